The fourth-order valence-corrected chi connectivity index (χ4v) is 1.63. The van der Waals surface area contributed by atoms with Crippen LogP contribution in [-0.2, 0) is 6.54 Å². The lowest BCUT2D eigenvalue weighted by atomic mass is 10.1. The van der Waals surface area contributed by atoms with Gasteiger partial charge in [-0.25, -0.2) is 4.39 Å². The number of halogens is 1. The van der Waals surface area contributed by atoms with Gasteiger partial charge in [0.15, 0.2) is 5.82 Å². The van der Waals surface area contributed by atoms with Gasteiger partial charge in [0.2, 0.25) is 5.89 Å². The van der Waals surface area contributed by atoms with E-state index >= 15 is 0 Å². The second-order valence-corrected chi connectivity index (χ2v) is 3.83. The summed E-state index contributed by atoms with van der Waals surface area (Å²) in [7, 11) is 1.55. The number of nitrogens with zero attached hydrogens (tertiary/aromatic N) is 2. The average Bonchev–Trinajstić information content (AvgIpc) is 2.81. The Morgan fingerprint density at radius 1 is 1.47 bits per heavy atom. The Bertz CT molecular complexity index is 597. The van der Waals surface area contributed by atoms with Gasteiger partial charge in [0.05, 0.1) is 17.8 Å². The van der Waals surface area contributed by atoms with E-state index in [0.29, 0.717) is 11.7 Å². The number of para-hydroxylation sites is 1. The summed E-state index contributed by atoms with van der Waals surface area (Å²) in [6, 6.07) is 4.29. The molecule has 2 rings (SSSR count). The van der Waals surface area contributed by atoms with Crippen molar-refractivity contribution in [3.8, 4) is 0 Å². The lowest BCUT2D eigenvalue weighted by Crippen LogP contribution is -2.24. The number of hydrogen-bond donors (Lipinski definition) is 2. The first kappa shape index (κ1) is 13.0. The highest BCUT2D eigenvalue weighted by Gasteiger charge is 2.14. The van der Waals surface area contributed by atoms with Gasteiger partial charge in [-0.05, 0) is 19.1 Å². The third-order valence-corrected chi connectivity index (χ3v) is 2.48. The minimum Gasteiger partial charge on any atom is -0.385 e. The zero-order chi connectivity index (χ0) is 13.8. The highest BCUT2D eigenvalue weighted by Crippen LogP contribution is 2.19. The molecule has 0 aliphatic heterocycles. The minimum absolute atomic E-state index is 0.0966. The van der Waals surface area contributed by atoms with Gasteiger partial charge in [-0.1, -0.05) is 11.2 Å². The van der Waals surface area contributed by atoms with Crippen LogP contribution in [0.4, 0.5) is 10.1 Å². The molecule has 19 heavy (non-hydrogen) atoms. The molecule has 0 radical (unpaired) electrons. The van der Waals surface area contributed by atoms with E-state index in [4.69, 9.17) is 4.52 Å². The summed E-state index contributed by atoms with van der Waals surface area (Å²) in [5.74, 6) is -0.109. The molecule has 2 N–H and O–H groups in total. The topological polar surface area (TPSA) is 80.0 Å². The Hall–Kier alpha value is -2.44. The largest absolute Gasteiger partial charge is 0.385 e. The smallest absolute Gasteiger partial charge is 0.253 e. The number of rotatable bonds is 4. The van der Waals surface area contributed by atoms with Crippen LogP contribution in [0.1, 0.15) is 22.1 Å². The van der Waals surface area contributed by atoms with Crippen molar-refractivity contribution >= 4 is 11.6 Å². The van der Waals surface area contributed by atoms with E-state index in [2.05, 4.69) is 20.8 Å². The molecule has 1 aromatic heterocycles. The maximum atomic E-state index is 13.5. The van der Waals surface area contributed by atoms with E-state index < -0.39 is 11.7 Å². The van der Waals surface area contributed by atoms with Crippen LogP contribution in [0, 0.1) is 12.7 Å². The Labute approximate surface area is 109 Å². The van der Waals surface area contributed by atoms with Gasteiger partial charge in [0.1, 0.15) is 5.82 Å². The van der Waals surface area contributed by atoms with Gasteiger partial charge in [-0.15, -0.1) is 0 Å². The fourth-order valence-electron chi connectivity index (χ4n) is 1.63. The minimum atomic E-state index is -0.483. The van der Waals surface area contributed by atoms with Crippen LogP contribution in [0.15, 0.2) is 22.7 Å². The highest BCUT2D eigenvalue weighted by molar-refractivity contribution is 5.99. The molecule has 0 unspecified atom stereocenters. The van der Waals surface area contributed by atoms with Crippen molar-refractivity contribution in [3.05, 3.63) is 41.3 Å². The maximum Gasteiger partial charge on any atom is 0.253 e. The van der Waals surface area contributed by atoms with Gasteiger partial charge in [0.25, 0.3) is 5.91 Å². The van der Waals surface area contributed by atoms with Crippen LogP contribution in [-0.4, -0.2) is 23.1 Å². The monoisotopic (exact) mass is 264 g/mol. The molecule has 0 aliphatic rings. The van der Waals surface area contributed by atoms with E-state index in [-0.39, 0.29) is 17.8 Å². The number of nitrogens with one attached hydrogen (secondary N) is 2. The Balaban J connectivity index is 2.10. The number of aromatic nitrogens is 2. The highest BCUT2D eigenvalue weighted by atomic mass is 19.1. The zero-order valence-corrected chi connectivity index (χ0v) is 10.5. The predicted molar refractivity (Wildman–Crippen MR) is 66.2 cm³/mol. The third-order valence-electron chi connectivity index (χ3n) is 2.48. The molecule has 1 heterocycles. The second-order valence-electron chi connectivity index (χ2n) is 3.83. The van der Waals surface area contributed by atoms with Crippen LogP contribution in [0.2, 0.25) is 0 Å². The third kappa shape index (κ3) is 2.87. The number of amides is 1. The first-order valence-electron chi connectivity index (χ1n) is 5.65. The molecular weight excluding hydrogens is 251 g/mol. The van der Waals surface area contributed by atoms with Crippen LogP contribution >= 0.6 is 0 Å². The van der Waals surface area contributed by atoms with E-state index in [9.17, 15) is 9.18 Å². The summed E-state index contributed by atoms with van der Waals surface area (Å²) in [5, 5.41) is 8.85. The SMILES string of the molecule is CNc1c(F)cccc1C(=O)NCc1nc(C)no1. The summed E-state index contributed by atoms with van der Waals surface area (Å²) < 4.78 is 18.4. The van der Waals surface area contributed by atoms with Crippen molar-refractivity contribution < 1.29 is 13.7 Å². The Kier molecular flexibility index (Phi) is 3.74. The van der Waals surface area contributed by atoms with Crippen molar-refractivity contribution in [2.75, 3.05) is 12.4 Å². The van der Waals surface area contributed by atoms with Crippen LogP contribution < -0.4 is 10.6 Å². The van der Waals surface area contributed by atoms with Crippen molar-refractivity contribution in [2.45, 2.75) is 13.5 Å². The van der Waals surface area contributed by atoms with Gasteiger partial charge in [0, 0.05) is 7.05 Å². The lowest BCUT2D eigenvalue weighted by Gasteiger charge is -2.09. The quantitative estimate of drug-likeness (QED) is 0.874. The van der Waals surface area contributed by atoms with Gasteiger partial charge < -0.3 is 15.2 Å². The Morgan fingerprint density at radius 3 is 2.89 bits per heavy atom. The second kappa shape index (κ2) is 5.47. The molecule has 0 spiro atoms. The molecule has 0 saturated carbocycles. The predicted octanol–water partition coefficient (Wildman–Crippen LogP) is 1.49. The molecule has 7 heteroatoms. The van der Waals surface area contributed by atoms with E-state index in [1.54, 1.807) is 14.0 Å². The first-order valence-corrected chi connectivity index (χ1v) is 5.65. The zero-order valence-electron chi connectivity index (χ0n) is 10.5. The van der Waals surface area contributed by atoms with Gasteiger partial charge >= 0.3 is 0 Å². The number of anilines is 1. The van der Waals surface area contributed by atoms with Gasteiger partial charge in [-0.3, -0.25) is 4.79 Å². The van der Waals surface area contributed by atoms with Crippen molar-refractivity contribution in [2.24, 2.45) is 0 Å². The normalized spacial score (nSPS) is 10.3. The molecule has 1 amide bonds. The summed E-state index contributed by atoms with van der Waals surface area (Å²) >= 11 is 0. The van der Waals surface area contributed by atoms with Crippen LogP contribution in [0.5, 0.6) is 0 Å². The number of carbonyl (C=O) groups is 1. The summed E-state index contributed by atoms with van der Waals surface area (Å²) in [5.41, 5.74) is 0.375. The molecule has 0 bridgehead atoms. The van der Waals surface area contributed by atoms with E-state index in [1.807, 2.05) is 0 Å². The van der Waals surface area contributed by atoms with Crippen LogP contribution in [0.25, 0.3) is 0 Å². The van der Waals surface area contributed by atoms with Crippen molar-refractivity contribution in [1.82, 2.24) is 15.5 Å². The summed E-state index contributed by atoms with van der Waals surface area (Å²) in [6.45, 7) is 1.78. The summed E-state index contributed by atoms with van der Waals surface area (Å²) in [4.78, 5) is 15.9. The van der Waals surface area contributed by atoms with E-state index in [0.717, 1.165) is 0 Å². The number of benzene rings is 1. The molecule has 6 nitrogen and oxygen atoms in total. The lowest BCUT2D eigenvalue weighted by molar-refractivity contribution is 0.0946. The van der Waals surface area contributed by atoms with Gasteiger partial charge in [-0.2, -0.15) is 4.98 Å². The van der Waals surface area contributed by atoms with Crippen LogP contribution in [0.3, 0.4) is 0 Å². The molecule has 100 valence electrons. The van der Waals surface area contributed by atoms with Crippen molar-refractivity contribution in [1.29, 1.82) is 0 Å². The van der Waals surface area contributed by atoms with E-state index in [1.165, 1.54) is 18.2 Å². The molecule has 0 atom stereocenters. The molecule has 2 aromatic rings. The average molecular weight is 264 g/mol. The number of carbonyl (C=O) groups excluding carboxylic acids is 1. The van der Waals surface area contributed by atoms with Crippen molar-refractivity contribution in [3.63, 3.8) is 0 Å². The first-order chi connectivity index (χ1) is 9.11. The number of aryl methyl sites for hydroxylation is 1. The molecule has 0 aliphatic carbocycles. The molecule has 0 saturated heterocycles. The maximum absolute atomic E-state index is 13.5. The fraction of sp³-hybridized carbons (Fsp3) is 0.250. The molecule has 0 fully saturated rings. The molecular formula is C12H13FN4O2. The molecule has 1 aromatic carbocycles. The standard InChI is InChI=1S/C12H13FN4O2/c1-7-16-10(19-17-7)6-15-12(18)8-4-3-5-9(13)11(8)14-2/h3-5,14H,6H2,1-2H3,(H,15,18). The number of hydrogen-bond acceptors (Lipinski definition) is 5. The Morgan fingerprint density at radius 2 is 2.26 bits per heavy atom. The summed E-state index contributed by atoms with van der Waals surface area (Å²) in [6.07, 6.45) is 0.